The van der Waals surface area contributed by atoms with Gasteiger partial charge in [0.15, 0.2) is 4.80 Å². The maximum Gasteiger partial charge on any atom is 0.338 e. The van der Waals surface area contributed by atoms with Crippen LogP contribution in [0.1, 0.15) is 83.0 Å². The van der Waals surface area contributed by atoms with E-state index in [9.17, 15) is 14.4 Å². The average molecular weight is 721 g/mol. The number of carbonyl (C=O) groups excluding carboxylic acids is 2. The molecular weight excluding hydrogens is 681 g/mol. The van der Waals surface area contributed by atoms with E-state index < -0.39 is 12.0 Å². The number of nitrogens with one attached hydrogen (secondary N) is 1. The van der Waals surface area contributed by atoms with Gasteiger partial charge in [0.05, 0.1) is 40.6 Å². The number of rotatable bonds is 9. The summed E-state index contributed by atoms with van der Waals surface area (Å²) in [6, 6.07) is 18.3. The van der Waals surface area contributed by atoms with Crippen LogP contribution in [0.5, 0.6) is 5.75 Å². The van der Waals surface area contributed by atoms with Crippen molar-refractivity contribution in [3.8, 4) is 10.8 Å². The molecule has 0 spiro atoms. The van der Waals surface area contributed by atoms with Crippen molar-refractivity contribution in [1.29, 1.82) is 0 Å². The molecule has 1 aliphatic heterocycles. The molecule has 2 aliphatic rings. The Morgan fingerprint density at radius 3 is 2.45 bits per heavy atom. The molecule has 1 amide bonds. The highest BCUT2D eigenvalue weighted by Crippen LogP contribution is 2.39. The summed E-state index contributed by atoms with van der Waals surface area (Å²) >= 11 is 2.98. The van der Waals surface area contributed by atoms with Crippen LogP contribution in [0.4, 0.5) is 5.69 Å². The van der Waals surface area contributed by atoms with Gasteiger partial charge in [-0.05, 0) is 113 Å². The van der Waals surface area contributed by atoms with Gasteiger partial charge in [0, 0.05) is 22.0 Å². The maximum atomic E-state index is 14.4. The van der Waals surface area contributed by atoms with Crippen molar-refractivity contribution in [1.82, 2.24) is 9.13 Å². The number of fused-ring (bicyclic) bond motifs is 2. The highest BCUT2D eigenvalue weighted by atomic mass is 32.1. The van der Waals surface area contributed by atoms with Gasteiger partial charge in [-0.15, -0.1) is 11.3 Å². The second kappa shape index (κ2) is 14.3. The second-order valence-corrected chi connectivity index (χ2v) is 14.8. The molecule has 1 atom stereocenters. The summed E-state index contributed by atoms with van der Waals surface area (Å²) in [7, 11) is 0. The highest BCUT2D eigenvalue weighted by molar-refractivity contribution is 7.15. The highest BCUT2D eigenvalue weighted by Gasteiger charge is 2.34. The average Bonchev–Trinajstić information content (AvgIpc) is 3.74. The Hall–Kier alpha value is -5.00. The van der Waals surface area contributed by atoms with Crippen molar-refractivity contribution in [2.75, 3.05) is 18.5 Å². The largest absolute Gasteiger partial charge is 0.494 e. The first-order chi connectivity index (χ1) is 24.7. The maximum absolute atomic E-state index is 14.4. The van der Waals surface area contributed by atoms with Crippen LogP contribution in [0.15, 0.2) is 81.7 Å². The summed E-state index contributed by atoms with van der Waals surface area (Å²) in [6.45, 7) is 10.3. The zero-order chi connectivity index (χ0) is 35.8. The lowest BCUT2D eigenvalue weighted by Gasteiger charge is -2.24. The second-order valence-electron chi connectivity index (χ2n) is 12.7. The summed E-state index contributed by atoms with van der Waals surface area (Å²) in [5.41, 5.74) is 6.74. The standard InChI is InChI=1S/C40H40N4O5S2/c1-6-48-29-19-17-26(18-20-29)35-33(39(47)49-7-2)24(4)41-40-44(35)37(46)32(51-40)22-27-21-23(3)43(25(27)5)38-34(30-15-11-12-16-31(30)50-38)36(45)42-28-13-9-8-10-14-28/h8-10,13-14,17-22,35H,6-7,11-12,15-16H2,1-5H3,(H,42,45)/b32-22+/t35-/m1/s1. The van der Waals surface area contributed by atoms with E-state index in [0.29, 0.717) is 33.0 Å². The van der Waals surface area contributed by atoms with Gasteiger partial charge in [-0.1, -0.05) is 41.7 Å². The van der Waals surface area contributed by atoms with Gasteiger partial charge >= 0.3 is 5.97 Å². The van der Waals surface area contributed by atoms with E-state index in [0.717, 1.165) is 70.0 Å². The minimum absolute atomic E-state index is 0.111. The van der Waals surface area contributed by atoms with Crippen LogP contribution in [0, 0.1) is 13.8 Å². The molecular formula is C40H40N4O5S2. The number of ether oxygens (including phenoxy) is 2. The SMILES string of the molecule is CCOC(=O)C1=C(C)N=c2s/c(=C/c3cc(C)n(-c4sc5c(c4C(=O)Nc4ccccc4)CCCC5)c3C)c(=O)n2[C@@H]1c1ccc(OCC)cc1. The molecule has 4 heterocycles. The Kier molecular flexibility index (Phi) is 9.67. The predicted molar refractivity (Wildman–Crippen MR) is 202 cm³/mol. The normalized spacial score (nSPS) is 15.6. The van der Waals surface area contributed by atoms with Gasteiger partial charge < -0.3 is 19.4 Å². The van der Waals surface area contributed by atoms with Crippen LogP contribution < -0.4 is 24.9 Å². The van der Waals surface area contributed by atoms with Gasteiger partial charge in [0.25, 0.3) is 11.5 Å². The number of thiophene rings is 1. The molecule has 9 nitrogen and oxygen atoms in total. The summed E-state index contributed by atoms with van der Waals surface area (Å²) in [4.78, 5) is 48.1. The summed E-state index contributed by atoms with van der Waals surface area (Å²) in [6.07, 6.45) is 5.90. The third-order valence-corrected chi connectivity index (χ3v) is 11.7. The molecule has 0 saturated heterocycles. The Morgan fingerprint density at radius 2 is 1.73 bits per heavy atom. The number of anilines is 1. The number of aromatic nitrogens is 2. The monoisotopic (exact) mass is 720 g/mol. The van der Waals surface area contributed by atoms with E-state index in [4.69, 9.17) is 14.5 Å². The topological polar surface area (TPSA) is 104 Å². The number of carbonyl (C=O) groups is 2. The molecule has 1 N–H and O–H groups in total. The van der Waals surface area contributed by atoms with E-state index >= 15 is 0 Å². The van der Waals surface area contributed by atoms with Crippen molar-refractivity contribution in [2.24, 2.45) is 4.99 Å². The van der Waals surface area contributed by atoms with Crippen LogP contribution in [-0.4, -0.2) is 34.2 Å². The number of benzene rings is 2. The first-order valence-corrected chi connectivity index (χ1v) is 19.0. The zero-order valence-electron chi connectivity index (χ0n) is 29.4. The summed E-state index contributed by atoms with van der Waals surface area (Å²) in [5.74, 6) is 0.0935. The van der Waals surface area contributed by atoms with Gasteiger partial charge in [0.2, 0.25) is 0 Å². The number of thiazole rings is 1. The van der Waals surface area contributed by atoms with E-state index in [1.54, 1.807) is 29.8 Å². The first-order valence-electron chi connectivity index (χ1n) is 17.3. The van der Waals surface area contributed by atoms with Crippen molar-refractivity contribution in [3.05, 3.63) is 130 Å². The van der Waals surface area contributed by atoms with Crippen LogP contribution in [0.2, 0.25) is 0 Å². The fraction of sp³-hybridized carbons (Fsp3) is 0.300. The lowest BCUT2D eigenvalue weighted by atomic mass is 9.95. The number of allylic oxidation sites excluding steroid dienone is 1. The van der Waals surface area contributed by atoms with E-state index in [-0.39, 0.29) is 18.1 Å². The van der Waals surface area contributed by atoms with Crippen molar-refractivity contribution in [3.63, 3.8) is 0 Å². The van der Waals surface area contributed by atoms with Crippen molar-refractivity contribution < 1.29 is 19.1 Å². The lowest BCUT2D eigenvalue weighted by Crippen LogP contribution is -2.39. The molecule has 1 aliphatic carbocycles. The molecule has 0 bridgehead atoms. The summed E-state index contributed by atoms with van der Waals surface area (Å²) in [5, 5.41) is 4.02. The van der Waals surface area contributed by atoms with E-state index in [1.807, 2.05) is 81.4 Å². The Balaban J connectivity index is 1.34. The van der Waals surface area contributed by atoms with Gasteiger partial charge in [0.1, 0.15) is 10.8 Å². The first kappa shape index (κ1) is 34.4. The van der Waals surface area contributed by atoms with Crippen LogP contribution in [-0.2, 0) is 22.4 Å². The molecule has 0 radical (unpaired) electrons. The van der Waals surface area contributed by atoms with Crippen molar-refractivity contribution >= 4 is 46.3 Å². The van der Waals surface area contributed by atoms with Gasteiger partial charge in [-0.25, -0.2) is 9.79 Å². The third kappa shape index (κ3) is 6.40. The molecule has 51 heavy (non-hydrogen) atoms. The lowest BCUT2D eigenvalue weighted by molar-refractivity contribution is -0.139. The molecule has 7 rings (SSSR count). The van der Waals surface area contributed by atoms with E-state index in [2.05, 4.69) is 16.0 Å². The number of amides is 1. The van der Waals surface area contributed by atoms with E-state index in [1.165, 1.54) is 16.2 Å². The minimum Gasteiger partial charge on any atom is -0.494 e. The quantitative estimate of drug-likeness (QED) is 0.169. The fourth-order valence-corrected chi connectivity index (χ4v) is 9.60. The number of aryl methyl sites for hydroxylation is 2. The predicted octanol–water partition coefficient (Wildman–Crippen LogP) is 6.80. The number of nitrogens with zero attached hydrogens (tertiary/aromatic N) is 3. The summed E-state index contributed by atoms with van der Waals surface area (Å²) < 4.78 is 15.4. The number of hydrogen-bond donors (Lipinski definition) is 1. The van der Waals surface area contributed by atoms with Crippen LogP contribution >= 0.6 is 22.7 Å². The number of hydrogen-bond acceptors (Lipinski definition) is 8. The third-order valence-electron chi connectivity index (χ3n) is 9.40. The van der Waals surface area contributed by atoms with Gasteiger partial charge in [-0.3, -0.25) is 14.2 Å². The van der Waals surface area contributed by atoms with Crippen LogP contribution in [0.25, 0.3) is 11.1 Å². The molecule has 0 unspecified atom stereocenters. The molecule has 2 aromatic carbocycles. The molecule has 0 saturated carbocycles. The molecule has 3 aromatic heterocycles. The zero-order valence-corrected chi connectivity index (χ0v) is 31.0. The molecule has 11 heteroatoms. The Bertz CT molecular complexity index is 2360. The van der Waals surface area contributed by atoms with Crippen molar-refractivity contribution in [2.45, 2.75) is 66.3 Å². The molecule has 262 valence electrons. The number of esters is 1. The molecule has 5 aromatic rings. The Morgan fingerprint density at radius 1 is 0.980 bits per heavy atom. The smallest absolute Gasteiger partial charge is 0.338 e. The number of para-hydroxylation sites is 1. The van der Waals surface area contributed by atoms with Gasteiger partial charge in [-0.2, -0.15) is 0 Å². The van der Waals surface area contributed by atoms with Crippen LogP contribution in [0.3, 0.4) is 0 Å². The fourth-order valence-electron chi connectivity index (χ4n) is 7.07. The minimum atomic E-state index is -0.714. The molecule has 0 fully saturated rings. The Labute approximate surface area is 304 Å².